The molecule has 4 fully saturated rings. The van der Waals surface area contributed by atoms with Gasteiger partial charge in [0.25, 0.3) is 0 Å². The van der Waals surface area contributed by atoms with Crippen LogP contribution >= 0.6 is 24.0 Å². The second-order valence-corrected chi connectivity index (χ2v) is 7.07. The molecule has 4 aliphatic rings. The third-order valence-electron chi connectivity index (χ3n) is 4.45. The zero-order valence-electron chi connectivity index (χ0n) is 9.20. The van der Waals surface area contributed by atoms with Crippen LogP contribution in [-0.4, -0.2) is 16.2 Å². The van der Waals surface area contributed by atoms with Gasteiger partial charge in [-0.3, -0.25) is 0 Å². The SMILES string of the molecule is CSC(=S)OC12CC3CC(CC(C3)C1)C2. The molecular formula is C12H18OS2. The highest BCUT2D eigenvalue weighted by Gasteiger charge is 2.52. The van der Waals surface area contributed by atoms with Gasteiger partial charge in [0.1, 0.15) is 5.60 Å². The second-order valence-electron chi connectivity index (χ2n) is 5.66. The number of thiocarbonyl (C=S) groups is 1. The van der Waals surface area contributed by atoms with Crippen LogP contribution in [0.2, 0.25) is 0 Å². The summed E-state index contributed by atoms with van der Waals surface area (Å²) in [5.41, 5.74) is 0.162. The van der Waals surface area contributed by atoms with Gasteiger partial charge in [-0.05, 0) is 74.8 Å². The highest BCUT2D eigenvalue weighted by molar-refractivity contribution is 8.22. The van der Waals surface area contributed by atoms with Gasteiger partial charge in [-0.15, -0.1) is 0 Å². The van der Waals surface area contributed by atoms with E-state index >= 15 is 0 Å². The molecule has 4 aliphatic carbocycles. The van der Waals surface area contributed by atoms with Gasteiger partial charge in [0.05, 0.1) is 0 Å². The minimum absolute atomic E-state index is 0.162. The van der Waals surface area contributed by atoms with Gasteiger partial charge in [-0.25, -0.2) is 0 Å². The predicted molar refractivity (Wildman–Crippen MR) is 68.1 cm³/mol. The third kappa shape index (κ3) is 1.82. The molecular weight excluding hydrogens is 224 g/mol. The molecule has 0 amide bonds. The summed E-state index contributed by atoms with van der Waals surface area (Å²) in [5, 5.41) is 0. The molecule has 0 aromatic carbocycles. The summed E-state index contributed by atoms with van der Waals surface area (Å²) in [6, 6.07) is 0. The second kappa shape index (κ2) is 3.63. The summed E-state index contributed by atoms with van der Waals surface area (Å²) in [6.07, 6.45) is 10.2. The lowest BCUT2D eigenvalue weighted by Gasteiger charge is -2.55. The maximum Gasteiger partial charge on any atom is 0.220 e. The van der Waals surface area contributed by atoms with E-state index in [-0.39, 0.29) is 5.60 Å². The molecule has 0 spiro atoms. The van der Waals surface area contributed by atoms with E-state index in [1.54, 1.807) is 11.8 Å². The molecule has 0 aromatic rings. The monoisotopic (exact) mass is 242 g/mol. The van der Waals surface area contributed by atoms with Crippen molar-refractivity contribution >= 4 is 28.4 Å². The van der Waals surface area contributed by atoms with E-state index in [4.69, 9.17) is 17.0 Å². The first-order valence-electron chi connectivity index (χ1n) is 5.96. The van der Waals surface area contributed by atoms with Crippen LogP contribution in [0.5, 0.6) is 0 Å². The Bertz CT molecular complexity index is 252. The largest absolute Gasteiger partial charge is 0.472 e. The van der Waals surface area contributed by atoms with Gasteiger partial charge < -0.3 is 4.74 Å². The topological polar surface area (TPSA) is 9.23 Å². The van der Waals surface area contributed by atoms with Crippen molar-refractivity contribution in [2.24, 2.45) is 17.8 Å². The Balaban J connectivity index is 1.78. The van der Waals surface area contributed by atoms with E-state index in [0.29, 0.717) is 0 Å². The van der Waals surface area contributed by atoms with Crippen LogP contribution < -0.4 is 0 Å². The normalized spacial score (nSPS) is 46.9. The van der Waals surface area contributed by atoms with Gasteiger partial charge >= 0.3 is 0 Å². The van der Waals surface area contributed by atoms with Gasteiger partial charge in [-0.2, -0.15) is 0 Å². The Hall–Kier alpha value is 0.240. The summed E-state index contributed by atoms with van der Waals surface area (Å²) in [5.74, 6) is 2.84. The van der Waals surface area contributed by atoms with Gasteiger partial charge in [0, 0.05) is 0 Å². The van der Waals surface area contributed by atoms with Crippen LogP contribution in [0.3, 0.4) is 0 Å². The zero-order valence-corrected chi connectivity index (χ0v) is 10.8. The first-order chi connectivity index (χ1) is 7.19. The van der Waals surface area contributed by atoms with Crippen molar-refractivity contribution in [1.29, 1.82) is 0 Å². The van der Waals surface area contributed by atoms with E-state index in [9.17, 15) is 0 Å². The molecule has 3 heteroatoms. The number of ether oxygens (including phenoxy) is 1. The van der Waals surface area contributed by atoms with E-state index in [1.165, 1.54) is 38.5 Å². The molecule has 0 N–H and O–H groups in total. The Kier molecular flexibility index (Phi) is 2.51. The minimum Gasteiger partial charge on any atom is -0.472 e. The van der Waals surface area contributed by atoms with Crippen LogP contribution in [0, 0.1) is 17.8 Å². The molecule has 0 aromatic heterocycles. The number of thioether (sulfide) groups is 1. The fourth-order valence-electron chi connectivity index (χ4n) is 4.37. The summed E-state index contributed by atoms with van der Waals surface area (Å²) in [4.78, 5) is 0. The van der Waals surface area contributed by atoms with Crippen LogP contribution in [0.15, 0.2) is 0 Å². The maximum absolute atomic E-state index is 6.09. The summed E-state index contributed by atoms with van der Waals surface area (Å²) < 4.78 is 6.86. The molecule has 0 unspecified atom stereocenters. The maximum atomic E-state index is 6.09. The van der Waals surface area contributed by atoms with Crippen LogP contribution in [-0.2, 0) is 4.74 Å². The van der Waals surface area contributed by atoms with Crippen molar-refractivity contribution in [3.63, 3.8) is 0 Å². The summed E-state index contributed by atoms with van der Waals surface area (Å²) >= 11 is 6.81. The molecule has 0 aliphatic heterocycles. The zero-order chi connectivity index (χ0) is 10.5. The van der Waals surface area contributed by atoms with Crippen molar-refractivity contribution in [2.45, 2.75) is 44.1 Å². The average molecular weight is 242 g/mol. The molecule has 84 valence electrons. The van der Waals surface area contributed by atoms with Gasteiger partial charge in [0.2, 0.25) is 4.38 Å². The minimum atomic E-state index is 0.162. The van der Waals surface area contributed by atoms with Crippen LogP contribution in [0.25, 0.3) is 0 Å². The van der Waals surface area contributed by atoms with Crippen molar-refractivity contribution in [3.05, 3.63) is 0 Å². The first kappa shape index (κ1) is 10.4. The fourth-order valence-corrected chi connectivity index (χ4v) is 4.81. The van der Waals surface area contributed by atoms with Crippen molar-refractivity contribution in [2.75, 3.05) is 6.26 Å². The number of hydrogen-bond donors (Lipinski definition) is 0. The third-order valence-corrected chi connectivity index (χ3v) is 5.45. The molecule has 1 nitrogen and oxygen atoms in total. The van der Waals surface area contributed by atoms with Crippen LogP contribution in [0.4, 0.5) is 0 Å². The highest BCUT2D eigenvalue weighted by atomic mass is 32.2. The van der Waals surface area contributed by atoms with E-state index < -0.39 is 0 Å². The first-order valence-corrected chi connectivity index (χ1v) is 7.59. The van der Waals surface area contributed by atoms with Gasteiger partial charge in [0.15, 0.2) is 0 Å². The van der Waals surface area contributed by atoms with Crippen molar-refractivity contribution in [1.82, 2.24) is 0 Å². The number of hydrogen-bond acceptors (Lipinski definition) is 3. The average Bonchev–Trinajstić information content (AvgIpc) is 2.14. The molecule has 15 heavy (non-hydrogen) atoms. The van der Waals surface area contributed by atoms with E-state index in [1.807, 2.05) is 6.26 Å². The molecule has 4 bridgehead atoms. The molecule has 0 radical (unpaired) electrons. The van der Waals surface area contributed by atoms with Crippen molar-refractivity contribution < 1.29 is 4.74 Å². The number of rotatable bonds is 1. The molecule has 0 atom stereocenters. The molecule has 4 saturated carbocycles. The van der Waals surface area contributed by atoms with E-state index in [0.717, 1.165) is 22.1 Å². The summed E-state index contributed by atoms with van der Waals surface area (Å²) in [7, 11) is 0. The lowest BCUT2D eigenvalue weighted by Crippen LogP contribution is -2.52. The Labute approximate surface area is 101 Å². The molecule has 4 rings (SSSR count). The Morgan fingerprint density at radius 1 is 1.13 bits per heavy atom. The van der Waals surface area contributed by atoms with Crippen molar-refractivity contribution in [3.8, 4) is 0 Å². The standard InChI is InChI=1S/C12H18OS2/c1-15-11(14)13-12-5-8-2-9(6-12)4-10(3-8)7-12/h8-10H,2-7H2,1H3. The highest BCUT2D eigenvalue weighted by Crippen LogP contribution is 2.57. The lowest BCUT2D eigenvalue weighted by molar-refractivity contribution is -0.111. The smallest absolute Gasteiger partial charge is 0.220 e. The Morgan fingerprint density at radius 3 is 2.00 bits per heavy atom. The molecule has 0 heterocycles. The van der Waals surface area contributed by atoms with E-state index in [2.05, 4.69) is 0 Å². The predicted octanol–water partition coefficient (Wildman–Crippen LogP) is 3.62. The van der Waals surface area contributed by atoms with Crippen LogP contribution in [0.1, 0.15) is 38.5 Å². The summed E-state index contributed by atoms with van der Waals surface area (Å²) in [6.45, 7) is 0. The van der Waals surface area contributed by atoms with Gasteiger partial charge in [-0.1, -0.05) is 11.8 Å². The Morgan fingerprint density at radius 2 is 1.60 bits per heavy atom. The lowest BCUT2D eigenvalue weighted by atomic mass is 9.54. The quantitative estimate of drug-likeness (QED) is 0.650. The molecule has 0 saturated heterocycles. The fraction of sp³-hybridized carbons (Fsp3) is 0.917.